The Labute approximate surface area is 125 Å². The molecule has 1 N–H and O–H groups in total. The number of rotatable bonds is 7. The van der Waals surface area contributed by atoms with E-state index >= 15 is 0 Å². The van der Waals surface area contributed by atoms with E-state index in [0.717, 1.165) is 19.3 Å². The van der Waals surface area contributed by atoms with Crippen LogP contribution in [0.2, 0.25) is 0 Å². The van der Waals surface area contributed by atoms with Crippen molar-refractivity contribution in [1.82, 2.24) is 10.2 Å². The number of nitrogens with zero attached hydrogens (tertiary/aromatic N) is 1. The van der Waals surface area contributed by atoms with Crippen LogP contribution in [0.4, 0.5) is 0 Å². The molecular weight excluding hydrogens is 272 g/mol. The van der Waals surface area contributed by atoms with Crippen molar-refractivity contribution >= 4 is 17.2 Å². The zero-order chi connectivity index (χ0) is 14.5. The first kappa shape index (κ1) is 15.5. The van der Waals surface area contributed by atoms with Gasteiger partial charge in [-0.1, -0.05) is 20.3 Å². The molecule has 0 bridgehead atoms. The molecule has 112 valence electrons. The lowest BCUT2D eigenvalue weighted by Gasteiger charge is -2.31. The fourth-order valence-electron chi connectivity index (χ4n) is 2.81. The Morgan fingerprint density at radius 2 is 2.30 bits per heavy atom. The first-order valence-electron chi connectivity index (χ1n) is 7.32. The van der Waals surface area contributed by atoms with E-state index in [0.29, 0.717) is 6.61 Å². The molecule has 3 atom stereocenters. The van der Waals surface area contributed by atoms with E-state index < -0.39 is 0 Å². The van der Waals surface area contributed by atoms with Gasteiger partial charge in [-0.3, -0.25) is 10.1 Å². The standard InChI is InChI=1S/C15H24N2O2S/c1-4-6-13-15(18)17(12(5-2)9-19-3)14(16-13)11-7-8-20-10-11/h7-8,10,12-14,16H,4-6,9H2,1-3H3. The largest absolute Gasteiger partial charge is 0.383 e. The number of ether oxygens (including phenoxy) is 1. The summed E-state index contributed by atoms with van der Waals surface area (Å²) in [6.45, 7) is 4.81. The molecule has 5 heteroatoms. The Kier molecular flexibility index (Phi) is 5.57. The highest BCUT2D eigenvalue weighted by Crippen LogP contribution is 2.31. The molecule has 0 saturated carbocycles. The van der Waals surface area contributed by atoms with Crippen molar-refractivity contribution in [2.24, 2.45) is 0 Å². The van der Waals surface area contributed by atoms with Gasteiger partial charge in [-0.15, -0.1) is 0 Å². The monoisotopic (exact) mass is 296 g/mol. The second-order valence-corrected chi connectivity index (χ2v) is 6.01. The highest BCUT2D eigenvalue weighted by atomic mass is 32.1. The van der Waals surface area contributed by atoms with Gasteiger partial charge in [0.2, 0.25) is 5.91 Å². The highest BCUT2D eigenvalue weighted by Gasteiger charge is 2.42. The van der Waals surface area contributed by atoms with Crippen LogP contribution < -0.4 is 5.32 Å². The molecule has 2 rings (SSSR count). The van der Waals surface area contributed by atoms with E-state index in [1.807, 2.05) is 4.90 Å². The maximum atomic E-state index is 12.7. The summed E-state index contributed by atoms with van der Waals surface area (Å²) >= 11 is 1.67. The summed E-state index contributed by atoms with van der Waals surface area (Å²) in [6, 6.07) is 2.17. The number of carbonyl (C=O) groups is 1. The third-order valence-electron chi connectivity index (χ3n) is 3.85. The third-order valence-corrected chi connectivity index (χ3v) is 4.55. The predicted molar refractivity (Wildman–Crippen MR) is 81.7 cm³/mol. The second kappa shape index (κ2) is 7.20. The summed E-state index contributed by atoms with van der Waals surface area (Å²) in [4.78, 5) is 14.7. The van der Waals surface area contributed by atoms with Crippen LogP contribution in [-0.2, 0) is 9.53 Å². The van der Waals surface area contributed by atoms with E-state index in [9.17, 15) is 4.79 Å². The lowest BCUT2D eigenvalue weighted by Crippen LogP contribution is -2.42. The van der Waals surface area contributed by atoms with Crippen LogP contribution >= 0.6 is 11.3 Å². The lowest BCUT2D eigenvalue weighted by molar-refractivity contribution is -0.133. The van der Waals surface area contributed by atoms with Crippen LogP contribution in [0.5, 0.6) is 0 Å². The van der Waals surface area contributed by atoms with Gasteiger partial charge in [0.25, 0.3) is 0 Å². The molecule has 1 saturated heterocycles. The minimum absolute atomic E-state index is 0.00889. The topological polar surface area (TPSA) is 41.6 Å². The molecule has 0 aliphatic carbocycles. The van der Waals surface area contributed by atoms with E-state index in [1.165, 1.54) is 5.56 Å². The van der Waals surface area contributed by atoms with E-state index in [2.05, 4.69) is 36.0 Å². The summed E-state index contributed by atoms with van der Waals surface area (Å²) in [5, 5.41) is 7.67. The molecule has 1 aromatic rings. The molecule has 3 unspecified atom stereocenters. The number of amides is 1. The van der Waals surface area contributed by atoms with Gasteiger partial charge in [-0.25, -0.2) is 0 Å². The fourth-order valence-corrected chi connectivity index (χ4v) is 3.49. The van der Waals surface area contributed by atoms with E-state index in [1.54, 1.807) is 18.4 Å². The van der Waals surface area contributed by atoms with Gasteiger partial charge < -0.3 is 9.64 Å². The Morgan fingerprint density at radius 3 is 2.85 bits per heavy atom. The van der Waals surface area contributed by atoms with Gasteiger partial charge in [-0.2, -0.15) is 11.3 Å². The van der Waals surface area contributed by atoms with Crippen molar-refractivity contribution in [2.45, 2.75) is 51.4 Å². The van der Waals surface area contributed by atoms with Crippen LogP contribution in [-0.4, -0.2) is 36.6 Å². The molecule has 1 aliphatic heterocycles. The van der Waals surface area contributed by atoms with Gasteiger partial charge in [0.15, 0.2) is 0 Å². The molecule has 4 nitrogen and oxygen atoms in total. The lowest BCUT2D eigenvalue weighted by atomic mass is 10.1. The number of hydrogen-bond acceptors (Lipinski definition) is 4. The van der Waals surface area contributed by atoms with Crippen LogP contribution in [0, 0.1) is 0 Å². The maximum Gasteiger partial charge on any atom is 0.241 e. The smallest absolute Gasteiger partial charge is 0.241 e. The zero-order valence-corrected chi connectivity index (χ0v) is 13.3. The second-order valence-electron chi connectivity index (χ2n) is 5.23. The summed E-state index contributed by atoms with van der Waals surface area (Å²) in [5.41, 5.74) is 1.18. The van der Waals surface area contributed by atoms with Gasteiger partial charge in [0.1, 0.15) is 6.17 Å². The normalized spacial score (nSPS) is 24.4. The maximum absolute atomic E-state index is 12.7. The van der Waals surface area contributed by atoms with Crippen LogP contribution in [0.25, 0.3) is 0 Å². The number of thiophene rings is 1. The molecule has 0 spiro atoms. The first-order chi connectivity index (χ1) is 9.72. The average molecular weight is 296 g/mol. The minimum Gasteiger partial charge on any atom is -0.383 e. The molecule has 20 heavy (non-hydrogen) atoms. The number of methoxy groups -OCH3 is 1. The van der Waals surface area contributed by atoms with Gasteiger partial charge in [-0.05, 0) is 35.2 Å². The third kappa shape index (κ3) is 3.05. The predicted octanol–water partition coefficient (Wildman–Crippen LogP) is 2.77. The summed E-state index contributed by atoms with van der Waals surface area (Å²) < 4.78 is 5.30. The van der Waals surface area contributed by atoms with Crippen molar-refractivity contribution in [2.75, 3.05) is 13.7 Å². The zero-order valence-electron chi connectivity index (χ0n) is 12.5. The van der Waals surface area contributed by atoms with Crippen LogP contribution in [0.1, 0.15) is 44.8 Å². The van der Waals surface area contributed by atoms with Crippen molar-refractivity contribution < 1.29 is 9.53 Å². The Bertz CT molecular complexity index is 422. The summed E-state index contributed by atoms with van der Waals surface area (Å²) in [7, 11) is 1.69. The van der Waals surface area contributed by atoms with Crippen molar-refractivity contribution in [3.05, 3.63) is 22.4 Å². The van der Waals surface area contributed by atoms with Crippen LogP contribution in [0.15, 0.2) is 16.8 Å². The van der Waals surface area contributed by atoms with Crippen molar-refractivity contribution in [1.29, 1.82) is 0 Å². The number of nitrogens with one attached hydrogen (secondary N) is 1. The number of hydrogen-bond donors (Lipinski definition) is 1. The van der Waals surface area contributed by atoms with Gasteiger partial charge in [0.05, 0.1) is 18.7 Å². The van der Waals surface area contributed by atoms with E-state index in [-0.39, 0.29) is 24.2 Å². The Hall–Kier alpha value is -0.910. The summed E-state index contributed by atoms with van der Waals surface area (Å²) in [6.07, 6.45) is 2.79. The SMILES string of the molecule is CCCC1NC(c2ccsc2)N(C(CC)COC)C1=O. The van der Waals surface area contributed by atoms with Crippen molar-refractivity contribution in [3.8, 4) is 0 Å². The molecule has 0 radical (unpaired) electrons. The Morgan fingerprint density at radius 1 is 1.50 bits per heavy atom. The van der Waals surface area contributed by atoms with Gasteiger partial charge >= 0.3 is 0 Å². The van der Waals surface area contributed by atoms with E-state index in [4.69, 9.17) is 4.74 Å². The number of carbonyl (C=O) groups excluding carboxylic acids is 1. The highest BCUT2D eigenvalue weighted by molar-refractivity contribution is 7.07. The van der Waals surface area contributed by atoms with Crippen molar-refractivity contribution in [3.63, 3.8) is 0 Å². The molecule has 1 fully saturated rings. The molecule has 1 amide bonds. The van der Waals surface area contributed by atoms with Gasteiger partial charge in [0, 0.05) is 7.11 Å². The quantitative estimate of drug-likeness (QED) is 0.841. The molecule has 2 heterocycles. The molecular formula is C15H24N2O2S. The Balaban J connectivity index is 2.24. The fraction of sp³-hybridized carbons (Fsp3) is 0.667. The molecule has 1 aliphatic rings. The molecule has 0 aromatic carbocycles. The summed E-state index contributed by atoms with van der Waals surface area (Å²) in [5.74, 6) is 0.215. The first-order valence-corrected chi connectivity index (χ1v) is 8.26. The average Bonchev–Trinajstić information content (AvgIpc) is 3.06. The van der Waals surface area contributed by atoms with Crippen LogP contribution in [0.3, 0.4) is 0 Å². The minimum atomic E-state index is -0.0594. The molecule has 1 aromatic heterocycles.